The van der Waals surface area contributed by atoms with Crippen LogP contribution >= 0.6 is 0 Å². The number of nitrogens with zero attached hydrogens (tertiary/aromatic N) is 1. The van der Waals surface area contributed by atoms with Crippen LogP contribution in [-0.2, 0) is 0 Å². The Morgan fingerprint density at radius 2 is 2.21 bits per heavy atom. The molecule has 1 aliphatic rings. The Hall–Kier alpha value is -1.36. The molecule has 1 aromatic heterocycles. The Kier molecular flexibility index (Phi) is 3.94. The van der Waals surface area contributed by atoms with Crippen molar-refractivity contribution in [1.29, 1.82) is 0 Å². The molecule has 3 N–H and O–H groups in total. The van der Waals surface area contributed by atoms with Crippen LogP contribution in [0.15, 0.2) is 10.9 Å². The lowest BCUT2D eigenvalue weighted by atomic mass is 9.85. The van der Waals surface area contributed by atoms with Crippen LogP contribution in [-0.4, -0.2) is 27.7 Å². The van der Waals surface area contributed by atoms with Crippen molar-refractivity contribution in [1.82, 2.24) is 9.97 Å². The van der Waals surface area contributed by atoms with E-state index in [1.807, 2.05) is 0 Å². The molecule has 0 amide bonds. The standard InChI is InChI=1S/C14H23N3O2/c1-14(2,3)10(6-7-18)15-11-8-12(19)17-13(16-11)9-4-5-9/h8-10,18H,4-7H2,1-3H3,(H2,15,16,17,19). The molecule has 1 atom stereocenters. The molecule has 1 fully saturated rings. The maximum Gasteiger partial charge on any atom is 0.252 e. The van der Waals surface area contributed by atoms with E-state index in [1.54, 1.807) is 0 Å². The monoisotopic (exact) mass is 265 g/mol. The van der Waals surface area contributed by atoms with Gasteiger partial charge in [-0.3, -0.25) is 4.79 Å². The molecule has 0 aromatic carbocycles. The number of nitrogens with one attached hydrogen (secondary N) is 2. The Labute approximate surface area is 113 Å². The van der Waals surface area contributed by atoms with Crippen LogP contribution in [0, 0.1) is 5.41 Å². The summed E-state index contributed by atoms with van der Waals surface area (Å²) in [5, 5.41) is 12.4. The molecule has 1 aliphatic carbocycles. The summed E-state index contributed by atoms with van der Waals surface area (Å²) < 4.78 is 0. The molecular weight excluding hydrogens is 242 g/mol. The van der Waals surface area contributed by atoms with Crippen LogP contribution in [0.5, 0.6) is 0 Å². The van der Waals surface area contributed by atoms with E-state index in [4.69, 9.17) is 5.11 Å². The van der Waals surface area contributed by atoms with E-state index in [1.165, 1.54) is 6.07 Å². The van der Waals surface area contributed by atoms with Gasteiger partial charge in [-0.1, -0.05) is 20.8 Å². The maximum atomic E-state index is 11.6. The molecule has 0 spiro atoms. The Morgan fingerprint density at radius 1 is 1.53 bits per heavy atom. The molecule has 19 heavy (non-hydrogen) atoms. The summed E-state index contributed by atoms with van der Waals surface area (Å²) in [7, 11) is 0. The van der Waals surface area contributed by atoms with Crippen molar-refractivity contribution in [2.75, 3.05) is 11.9 Å². The summed E-state index contributed by atoms with van der Waals surface area (Å²) >= 11 is 0. The topological polar surface area (TPSA) is 78.0 Å². The summed E-state index contributed by atoms with van der Waals surface area (Å²) in [6, 6.07) is 1.57. The minimum absolute atomic E-state index is 0.00719. The van der Waals surface area contributed by atoms with E-state index in [2.05, 4.69) is 36.1 Å². The zero-order valence-corrected chi connectivity index (χ0v) is 11.9. The number of rotatable bonds is 5. The van der Waals surface area contributed by atoms with Crippen molar-refractivity contribution in [2.45, 2.75) is 52.0 Å². The third kappa shape index (κ3) is 3.80. The largest absolute Gasteiger partial charge is 0.396 e. The molecular formula is C14H23N3O2. The van der Waals surface area contributed by atoms with Gasteiger partial charge < -0.3 is 15.4 Å². The van der Waals surface area contributed by atoms with Gasteiger partial charge in [0, 0.05) is 24.6 Å². The first kappa shape index (κ1) is 14.1. The average Bonchev–Trinajstić information content (AvgIpc) is 3.10. The van der Waals surface area contributed by atoms with E-state index >= 15 is 0 Å². The molecule has 1 aromatic rings. The zero-order valence-electron chi connectivity index (χ0n) is 11.9. The fraction of sp³-hybridized carbons (Fsp3) is 0.714. The molecule has 5 nitrogen and oxygen atoms in total. The molecule has 0 saturated heterocycles. The van der Waals surface area contributed by atoms with Crippen molar-refractivity contribution >= 4 is 5.82 Å². The highest BCUT2D eigenvalue weighted by atomic mass is 16.3. The Bertz CT molecular complexity index is 486. The van der Waals surface area contributed by atoms with Crippen molar-refractivity contribution in [2.24, 2.45) is 5.41 Å². The highest BCUT2D eigenvalue weighted by Gasteiger charge is 2.28. The van der Waals surface area contributed by atoms with Gasteiger partial charge in [0.1, 0.15) is 11.6 Å². The van der Waals surface area contributed by atoms with Gasteiger partial charge in [-0.25, -0.2) is 4.98 Å². The zero-order chi connectivity index (χ0) is 14.0. The third-order valence-corrected chi connectivity index (χ3v) is 3.51. The second-order valence-corrected chi connectivity index (χ2v) is 6.37. The van der Waals surface area contributed by atoms with Gasteiger partial charge in [0.2, 0.25) is 0 Å². The normalized spacial score (nSPS) is 17.3. The minimum atomic E-state index is -0.115. The van der Waals surface area contributed by atoms with Crippen molar-refractivity contribution in [3.8, 4) is 0 Å². The molecule has 1 saturated carbocycles. The summed E-state index contributed by atoms with van der Waals surface area (Å²) in [5.74, 6) is 1.81. The second kappa shape index (κ2) is 5.33. The SMILES string of the molecule is CC(C)(C)C(CCO)Nc1cc(=O)[nH]c(C2CC2)n1. The number of anilines is 1. The summed E-state index contributed by atoms with van der Waals surface area (Å²) in [6.45, 7) is 6.44. The predicted molar refractivity (Wildman–Crippen MR) is 75.4 cm³/mol. The number of hydrogen-bond acceptors (Lipinski definition) is 4. The molecule has 1 heterocycles. The highest BCUT2D eigenvalue weighted by molar-refractivity contribution is 5.35. The van der Waals surface area contributed by atoms with Crippen LogP contribution in [0.25, 0.3) is 0 Å². The van der Waals surface area contributed by atoms with Gasteiger partial charge in [0.05, 0.1) is 0 Å². The number of aliphatic hydroxyl groups is 1. The van der Waals surface area contributed by atoms with Crippen LogP contribution in [0.2, 0.25) is 0 Å². The van der Waals surface area contributed by atoms with E-state index in [0.717, 1.165) is 18.7 Å². The van der Waals surface area contributed by atoms with E-state index < -0.39 is 0 Å². The van der Waals surface area contributed by atoms with Crippen molar-refractivity contribution < 1.29 is 5.11 Å². The number of H-pyrrole nitrogens is 1. The lowest BCUT2D eigenvalue weighted by Crippen LogP contribution is -2.35. The molecule has 0 aliphatic heterocycles. The second-order valence-electron chi connectivity index (χ2n) is 6.37. The van der Waals surface area contributed by atoms with Gasteiger partial charge >= 0.3 is 0 Å². The summed E-state index contributed by atoms with van der Waals surface area (Å²) in [5.41, 5.74) is -0.122. The lowest BCUT2D eigenvalue weighted by Gasteiger charge is -2.31. The van der Waals surface area contributed by atoms with Crippen LogP contribution < -0.4 is 10.9 Å². The number of aromatic nitrogens is 2. The smallest absolute Gasteiger partial charge is 0.252 e. The van der Waals surface area contributed by atoms with Crippen molar-refractivity contribution in [3.05, 3.63) is 22.2 Å². The quantitative estimate of drug-likeness (QED) is 0.759. The first-order valence-corrected chi connectivity index (χ1v) is 6.89. The molecule has 0 radical (unpaired) electrons. The molecule has 2 rings (SSSR count). The van der Waals surface area contributed by atoms with Gasteiger partial charge in [0.15, 0.2) is 0 Å². The predicted octanol–water partition coefficient (Wildman–Crippen LogP) is 1.86. The fourth-order valence-electron chi connectivity index (χ4n) is 2.13. The number of aliphatic hydroxyl groups excluding tert-OH is 1. The Balaban J connectivity index is 2.18. The molecule has 1 unspecified atom stereocenters. The van der Waals surface area contributed by atoms with Crippen molar-refractivity contribution in [3.63, 3.8) is 0 Å². The van der Waals surface area contributed by atoms with E-state index in [-0.39, 0.29) is 23.6 Å². The lowest BCUT2D eigenvalue weighted by molar-refractivity contribution is 0.235. The number of hydrogen-bond donors (Lipinski definition) is 3. The van der Waals surface area contributed by atoms with Gasteiger partial charge in [-0.05, 0) is 24.7 Å². The van der Waals surface area contributed by atoms with Gasteiger partial charge in [-0.2, -0.15) is 0 Å². The van der Waals surface area contributed by atoms with Gasteiger partial charge in [0.25, 0.3) is 5.56 Å². The Morgan fingerprint density at radius 3 is 2.74 bits per heavy atom. The van der Waals surface area contributed by atoms with Crippen LogP contribution in [0.1, 0.15) is 51.8 Å². The van der Waals surface area contributed by atoms with Crippen LogP contribution in [0.4, 0.5) is 5.82 Å². The van der Waals surface area contributed by atoms with Crippen LogP contribution in [0.3, 0.4) is 0 Å². The number of aromatic amines is 1. The first-order valence-electron chi connectivity index (χ1n) is 6.89. The van der Waals surface area contributed by atoms with E-state index in [0.29, 0.717) is 18.2 Å². The van der Waals surface area contributed by atoms with Gasteiger partial charge in [-0.15, -0.1) is 0 Å². The summed E-state index contributed by atoms with van der Waals surface area (Å²) in [4.78, 5) is 18.9. The average molecular weight is 265 g/mol. The highest BCUT2D eigenvalue weighted by Crippen LogP contribution is 2.37. The molecule has 0 bridgehead atoms. The molecule has 5 heteroatoms. The minimum Gasteiger partial charge on any atom is -0.396 e. The first-order chi connectivity index (χ1) is 8.90. The molecule has 106 valence electrons. The third-order valence-electron chi connectivity index (χ3n) is 3.51. The summed E-state index contributed by atoms with van der Waals surface area (Å²) in [6.07, 6.45) is 2.84. The fourth-order valence-corrected chi connectivity index (χ4v) is 2.13. The maximum absolute atomic E-state index is 11.6. The van der Waals surface area contributed by atoms with E-state index in [9.17, 15) is 4.79 Å².